The molecule has 1 aromatic rings. The van der Waals surface area contributed by atoms with E-state index in [9.17, 15) is 0 Å². The molecule has 3 rings (SSSR count). The molecular formula is C18H24Cl2Zr. The van der Waals surface area contributed by atoms with Crippen LogP contribution in [0.3, 0.4) is 0 Å². The Morgan fingerprint density at radius 3 is 2.24 bits per heavy atom. The maximum absolute atomic E-state index is 2.99. The number of rotatable bonds is 0. The Morgan fingerprint density at radius 1 is 1.10 bits per heavy atom. The van der Waals surface area contributed by atoms with Crippen LogP contribution in [-0.4, -0.2) is 0 Å². The topological polar surface area (TPSA) is 0 Å². The number of aryl methyl sites for hydroxylation is 1. The van der Waals surface area contributed by atoms with Gasteiger partial charge in [-0.25, -0.2) is 18.2 Å². The predicted molar refractivity (Wildman–Crippen MR) is 78.9 cm³/mol. The second kappa shape index (κ2) is 10.9. The van der Waals surface area contributed by atoms with Crippen LogP contribution in [-0.2, 0) is 44.5 Å². The van der Waals surface area contributed by atoms with Crippen LogP contribution in [0.5, 0.6) is 0 Å². The molecule has 114 valence electrons. The Labute approximate surface area is 161 Å². The first-order valence-corrected chi connectivity index (χ1v) is 7.08. The molecule has 0 unspecified atom stereocenters. The van der Waals surface area contributed by atoms with E-state index in [4.69, 9.17) is 0 Å². The molecule has 0 radical (unpaired) electrons. The Morgan fingerprint density at radius 2 is 1.76 bits per heavy atom. The van der Waals surface area contributed by atoms with Gasteiger partial charge in [0.05, 0.1) is 0 Å². The van der Waals surface area contributed by atoms with Gasteiger partial charge in [0.25, 0.3) is 0 Å². The van der Waals surface area contributed by atoms with Gasteiger partial charge >= 0.3 is 26.2 Å². The van der Waals surface area contributed by atoms with E-state index in [1.165, 1.54) is 25.7 Å². The molecule has 0 spiro atoms. The smallest absolute Gasteiger partial charge is 1.00 e. The first kappa shape index (κ1) is 23.6. The number of fused-ring (bicyclic) bond motifs is 1. The maximum atomic E-state index is 2.99. The third kappa shape index (κ3) is 6.93. The van der Waals surface area contributed by atoms with Crippen molar-refractivity contribution in [2.24, 2.45) is 0 Å². The van der Waals surface area contributed by atoms with Crippen molar-refractivity contribution in [3.8, 4) is 0 Å². The quantitative estimate of drug-likeness (QED) is 0.483. The van der Waals surface area contributed by atoms with E-state index in [1.54, 1.807) is 16.7 Å². The Balaban J connectivity index is 0. The number of halogens is 2. The van der Waals surface area contributed by atoms with E-state index in [2.05, 4.69) is 45.1 Å². The molecule has 0 fully saturated rings. The first-order chi connectivity index (χ1) is 8.59. The molecule has 2 aliphatic rings. The monoisotopic (exact) mass is 400 g/mol. The minimum Gasteiger partial charge on any atom is -1.00 e. The standard InChI is InChI=1S/C13H19.C5H5.2ClH.Zr/c1-13(2,3)12-9-8-10-6-4-5-7-11(10)12;1-2-4-5-3-1;;;/h8-9H,4-7H2,1-3H3;1-3H,4H2;2*1H;/q2*-1;;;+4/p-2. The molecule has 0 bridgehead atoms. The van der Waals surface area contributed by atoms with Crippen LogP contribution < -0.4 is 24.8 Å². The third-order valence-electron chi connectivity index (χ3n) is 3.68. The maximum Gasteiger partial charge on any atom is 4.00 e. The van der Waals surface area contributed by atoms with Crippen molar-refractivity contribution in [1.82, 2.24) is 0 Å². The van der Waals surface area contributed by atoms with Crippen LogP contribution in [0.1, 0.15) is 56.7 Å². The van der Waals surface area contributed by atoms with E-state index in [-0.39, 0.29) is 51.0 Å². The molecule has 0 atom stereocenters. The molecular weight excluding hydrogens is 378 g/mol. The summed E-state index contributed by atoms with van der Waals surface area (Å²) < 4.78 is 0. The van der Waals surface area contributed by atoms with E-state index < -0.39 is 0 Å². The molecule has 0 nitrogen and oxygen atoms in total. The first-order valence-electron chi connectivity index (χ1n) is 7.08. The molecule has 0 N–H and O–H groups in total. The van der Waals surface area contributed by atoms with E-state index >= 15 is 0 Å². The van der Waals surface area contributed by atoms with Gasteiger partial charge in [0.15, 0.2) is 0 Å². The van der Waals surface area contributed by atoms with E-state index in [0.717, 1.165) is 6.42 Å². The van der Waals surface area contributed by atoms with Crippen molar-refractivity contribution >= 4 is 0 Å². The Bertz CT molecular complexity index is 440. The average Bonchev–Trinajstić information content (AvgIpc) is 3.01. The van der Waals surface area contributed by atoms with Crippen molar-refractivity contribution in [2.45, 2.75) is 58.3 Å². The summed E-state index contributed by atoms with van der Waals surface area (Å²) in [6, 6.07) is 4.69. The zero-order valence-corrected chi connectivity index (χ0v) is 17.1. The molecule has 0 saturated carbocycles. The SMILES string of the molecule is CC(C)(C)[c-]1ccc2c1CCCC2.[C-]1=CC=CC1.[Cl-].[Cl-].[Zr+4]. The van der Waals surface area contributed by atoms with Gasteiger partial charge in [0, 0.05) is 0 Å². The Hall–Kier alpha value is 0.293. The molecule has 0 amide bonds. The third-order valence-corrected chi connectivity index (χ3v) is 3.68. The van der Waals surface area contributed by atoms with Gasteiger partial charge in [-0.2, -0.15) is 23.3 Å². The van der Waals surface area contributed by atoms with Crippen molar-refractivity contribution in [3.63, 3.8) is 0 Å². The summed E-state index contributed by atoms with van der Waals surface area (Å²) in [4.78, 5) is 0. The van der Waals surface area contributed by atoms with Crippen LogP contribution in [0.15, 0.2) is 30.4 Å². The fourth-order valence-electron chi connectivity index (χ4n) is 2.75. The van der Waals surface area contributed by atoms with Gasteiger partial charge in [0.2, 0.25) is 0 Å². The van der Waals surface area contributed by atoms with Gasteiger partial charge in [-0.3, -0.25) is 6.08 Å². The van der Waals surface area contributed by atoms with Gasteiger partial charge in [-0.1, -0.05) is 51.9 Å². The summed E-state index contributed by atoms with van der Waals surface area (Å²) >= 11 is 0. The molecule has 2 aliphatic carbocycles. The van der Waals surface area contributed by atoms with Crippen molar-refractivity contribution in [2.75, 3.05) is 0 Å². The van der Waals surface area contributed by atoms with Gasteiger partial charge in [0.1, 0.15) is 0 Å². The number of hydrogen-bond acceptors (Lipinski definition) is 0. The van der Waals surface area contributed by atoms with Gasteiger partial charge in [-0.05, 0) is 0 Å². The van der Waals surface area contributed by atoms with Crippen LogP contribution in [0.25, 0.3) is 0 Å². The molecule has 21 heavy (non-hydrogen) atoms. The summed E-state index contributed by atoms with van der Waals surface area (Å²) in [5.74, 6) is 0. The largest absolute Gasteiger partial charge is 4.00 e. The average molecular weight is 403 g/mol. The summed E-state index contributed by atoms with van der Waals surface area (Å²) in [6.07, 6.45) is 15.4. The summed E-state index contributed by atoms with van der Waals surface area (Å²) in [6.45, 7) is 6.95. The van der Waals surface area contributed by atoms with E-state index in [0.29, 0.717) is 5.41 Å². The molecule has 0 heterocycles. The van der Waals surface area contributed by atoms with Crippen molar-refractivity contribution < 1.29 is 51.0 Å². The van der Waals surface area contributed by atoms with Crippen LogP contribution in [0.2, 0.25) is 0 Å². The summed E-state index contributed by atoms with van der Waals surface area (Å²) in [5, 5.41) is 0. The molecule has 3 heteroatoms. The minimum absolute atomic E-state index is 0. The van der Waals surface area contributed by atoms with E-state index in [1.807, 2.05) is 12.2 Å². The fraction of sp³-hybridized carbons (Fsp3) is 0.500. The summed E-state index contributed by atoms with van der Waals surface area (Å²) in [7, 11) is 0. The zero-order valence-electron chi connectivity index (χ0n) is 13.2. The second-order valence-corrected chi connectivity index (χ2v) is 6.21. The van der Waals surface area contributed by atoms with Crippen molar-refractivity contribution in [3.05, 3.63) is 53.1 Å². The van der Waals surface area contributed by atoms with Crippen LogP contribution in [0.4, 0.5) is 0 Å². The van der Waals surface area contributed by atoms with Crippen LogP contribution in [0, 0.1) is 6.08 Å². The predicted octanol–water partition coefficient (Wildman–Crippen LogP) is -1.11. The summed E-state index contributed by atoms with van der Waals surface area (Å²) in [5.41, 5.74) is 5.21. The Kier molecular flexibility index (Phi) is 12.3. The number of hydrogen-bond donors (Lipinski definition) is 0. The molecule has 0 aliphatic heterocycles. The fourth-order valence-corrected chi connectivity index (χ4v) is 2.75. The van der Waals surface area contributed by atoms with Gasteiger partial charge in [-0.15, -0.1) is 12.0 Å². The molecule has 0 saturated heterocycles. The second-order valence-electron chi connectivity index (χ2n) is 6.21. The van der Waals surface area contributed by atoms with Crippen LogP contribution >= 0.6 is 0 Å². The van der Waals surface area contributed by atoms with Crippen molar-refractivity contribution in [1.29, 1.82) is 0 Å². The zero-order chi connectivity index (χ0) is 13.0. The van der Waals surface area contributed by atoms with Gasteiger partial charge < -0.3 is 24.8 Å². The number of allylic oxidation sites excluding steroid dienone is 4. The molecule has 1 aromatic carbocycles. The molecule has 0 aromatic heterocycles. The minimum atomic E-state index is 0. The normalized spacial score (nSPS) is 14.8.